The maximum Gasteiger partial charge on any atom is 0.264 e. The Morgan fingerprint density at radius 3 is 2.68 bits per heavy atom. The zero-order valence-electron chi connectivity index (χ0n) is 16.5. The van der Waals surface area contributed by atoms with Gasteiger partial charge in [0.25, 0.3) is 5.91 Å². The van der Waals surface area contributed by atoms with Crippen LogP contribution < -0.4 is 14.8 Å². The number of hydrogen-bond acceptors (Lipinski definition) is 5. The summed E-state index contributed by atoms with van der Waals surface area (Å²) in [5, 5.41) is 5.24. The van der Waals surface area contributed by atoms with Crippen molar-refractivity contribution in [1.29, 1.82) is 0 Å². The lowest BCUT2D eigenvalue weighted by atomic mass is 9.86. The molecule has 0 aliphatic rings. The van der Waals surface area contributed by atoms with Crippen LogP contribution in [0.3, 0.4) is 0 Å². The Labute approximate surface area is 169 Å². The molecule has 1 aromatic heterocycles. The first-order chi connectivity index (χ1) is 13.4. The number of carbonyl (C=O) groups excluding carboxylic acids is 1. The second-order valence-corrected chi connectivity index (χ2v) is 8.21. The van der Waals surface area contributed by atoms with Gasteiger partial charge < -0.3 is 9.47 Å². The van der Waals surface area contributed by atoms with E-state index in [1.165, 1.54) is 11.3 Å². The summed E-state index contributed by atoms with van der Waals surface area (Å²) in [6.07, 6.45) is 0. The quantitative estimate of drug-likeness (QED) is 0.627. The van der Waals surface area contributed by atoms with Crippen LogP contribution >= 0.6 is 11.3 Å². The van der Waals surface area contributed by atoms with Crippen LogP contribution in [0.15, 0.2) is 53.9 Å². The molecule has 3 aromatic rings. The smallest absolute Gasteiger partial charge is 0.264 e. The van der Waals surface area contributed by atoms with E-state index in [2.05, 4.69) is 31.1 Å². The lowest BCUT2D eigenvalue weighted by Gasteiger charge is -2.22. The van der Waals surface area contributed by atoms with E-state index in [0.29, 0.717) is 5.13 Å². The third-order valence-corrected chi connectivity index (χ3v) is 4.93. The molecule has 28 heavy (non-hydrogen) atoms. The first-order valence-corrected chi connectivity index (χ1v) is 9.87. The molecule has 0 unspecified atom stereocenters. The number of thiazole rings is 1. The van der Waals surface area contributed by atoms with E-state index in [4.69, 9.17) is 9.47 Å². The lowest BCUT2D eigenvalue weighted by Crippen LogP contribution is -2.21. The molecule has 0 atom stereocenters. The minimum atomic E-state index is -0.241. The van der Waals surface area contributed by atoms with Gasteiger partial charge in [0.1, 0.15) is 11.5 Å². The van der Waals surface area contributed by atoms with E-state index in [1.54, 1.807) is 7.11 Å². The van der Waals surface area contributed by atoms with Crippen LogP contribution in [-0.4, -0.2) is 24.6 Å². The molecule has 1 heterocycles. The molecule has 6 heteroatoms. The van der Waals surface area contributed by atoms with Crippen LogP contribution in [0.4, 0.5) is 5.13 Å². The van der Waals surface area contributed by atoms with Gasteiger partial charge in [-0.05, 0) is 29.2 Å². The largest absolute Gasteiger partial charge is 0.497 e. The van der Waals surface area contributed by atoms with Crippen molar-refractivity contribution in [1.82, 2.24) is 4.98 Å². The van der Waals surface area contributed by atoms with Gasteiger partial charge >= 0.3 is 0 Å². The van der Waals surface area contributed by atoms with Crippen molar-refractivity contribution in [3.63, 3.8) is 0 Å². The molecule has 0 fully saturated rings. The molecule has 3 rings (SSSR count). The van der Waals surface area contributed by atoms with Gasteiger partial charge in [0.15, 0.2) is 11.7 Å². The summed E-state index contributed by atoms with van der Waals surface area (Å²) in [5.74, 6) is 1.25. The third-order valence-electron chi connectivity index (χ3n) is 4.17. The molecule has 0 saturated carbocycles. The molecule has 1 N–H and O–H groups in total. The average molecular weight is 397 g/mol. The Bertz CT molecular complexity index is 960. The molecule has 1 amide bonds. The molecule has 0 bridgehead atoms. The first-order valence-electron chi connectivity index (χ1n) is 8.99. The number of ether oxygens (including phenoxy) is 2. The number of anilines is 1. The fraction of sp³-hybridized carbons (Fsp3) is 0.273. The molecule has 146 valence electrons. The normalized spacial score (nSPS) is 11.1. The second kappa shape index (κ2) is 8.44. The number of hydrogen-bond donors (Lipinski definition) is 1. The second-order valence-electron chi connectivity index (χ2n) is 7.35. The van der Waals surface area contributed by atoms with Crippen molar-refractivity contribution in [2.75, 3.05) is 19.0 Å². The summed E-state index contributed by atoms with van der Waals surface area (Å²) in [7, 11) is 1.63. The Kier molecular flexibility index (Phi) is 5.99. The van der Waals surface area contributed by atoms with Crippen LogP contribution in [0, 0.1) is 0 Å². The molecular formula is C22H24N2O3S. The SMILES string of the molecule is COc1cccc(-c2csc(NC(=O)COc3ccccc3C(C)(C)C)n2)c1. The number of rotatable bonds is 6. The van der Waals surface area contributed by atoms with Crippen molar-refractivity contribution in [3.8, 4) is 22.8 Å². The van der Waals surface area contributed by atoms with Gasteiger partial charge in [-0.25, -0.2) is 4.98 Å². The predicted molar refractivity (Wildman–Crippen MR) is 113 cm³/mol. The van der Waals surface area contributed by atoms with Crippen LogP contribution in [0.5, 0.6) is 11.5 Å². The number of carbonyl (C=O) groups is 1. The Balaban J connectivity index is 1.63. The number of amides is 1. The van der Waals surface area contributed by atoms with Gasteiger partial charge in [0, 0.05) is 10.9 Å². The minimum Gasteiger partial charge on any atom is -0.497 e. The van der Waals surface area contributed by atoms with E-state index >= 15 is 0 Å². The maximum absolute atomic E-state index is 12.3. The average Bonchev–Trinajstić information content (AvgIpc) is 3.14. The van der Waals surface area contributed by atoms with Crippen LogP contribution in [0.2, 0.25) is 0 Å². The van der Waals surface area contributed by atoms with Crippen molar-refractivity contribution in [2.24, 2.45) is 0 Å². The highest BCUT2D eigenvalue weighted by molar-refractivity contribution is 7.14. The summed E-state index contributed by atoms with van der Waals surface area (Å²) in [6, 6.07) is 15.4. The number of nitrogens with one attached hydrogen (secondary N) is 1. The summed E-state index contributed by atoms with van der Waals surface area (Å²) >= 11 is 1.38. The van der Waals surface area contributed by atoms with Gasteiger partial charge in [-0.2, -0.15) is 0 Å². The van der Waals surface area contributed by atoms with Gasteiger partial charge in [-0.3, -0.25) is 10.1 Å². The van der Waals surface area contributed by atoms with Crippen LogP contribution in [0.1, 0.15) is 26.3 Å². The third kappa shape index (κ3) is 4.89. The van der Waals surface area contributed by atoms with E-state index < -0.39 is 0 Å². The van der Waals surface area contributed by atoms with Crippen molar-refractivity contribution in [2.45, 2.75) is 26.2 Å². The number of aromatic nitrogens is 1. The highest BCUT2D eigenvalue weighted by atomic mass is 32.1. The first kappa shape index (κ1) is 19.9. The molecule has 0 aliphatic carbocycles. The molecule has 5 nitrogen and oxygen atoms in total. The molecule has 0 radical (unpaired) electrons. The zero-order valence-corrected chi connectivity index (χ0v) is 17.3. The standard InChI is InChI=1S/C22H24N2O3S/c1-22(2,3)17-10-5-6-11-19(17)27-13-20(25)24-21-23-18(14-28-21)15-8-7-9-16(12-15)26-4/h5-12,14H,13H2,1-4H3,(H,23,24,25). The molecule has 0 spiro atoms. The fourth-order valence-electron chi connectivity index (χ4n) is 2.76. The van der Waals surface area contributed by atoms with Gasteiger partial charge in [-0.15, -0.1) is 11.3 Å². The Morgan fingerprint density at radius 2 is 1.93 bits per heavy atom. The summed E-state index contributed by atoms with van der Waals surface area (Å²) in [4.78, 5) is 16.8. The monoisotopic (exact) mass is 396 g/mol. The van der Waals surface area contributed by atoms with Crippen molar-refractivity contribution in [3.05, 3.63) is 59.5 Å². The fourth-order valence-corrected chi connectivity index (χ4v) is 3.49. The van der Waals surface area contributed by atoms with Crippen molar-refractivity contribution < 1.29 is 14.3 Å². The zero-order chi connectivity index (χ0) is 20.1. The summed E-state index contributed by atoms with van der Waals surface area (Å²) in [6.45, 7) is 6.28. The Morgan fingerprint density at radius 1 is 1.14 bits per heavy atom. The molecule has 0 saturated heterocycles. The molecular weight excluding hydrogens is 372 g/mol. The highest BCUT2D eigenvalue weighted by Gasteiger charge is 2.19. The van der Waals surface area contributed by atoms with Crippen LogP contribution in [-0.2, 0) is 10.2 Å². The van der Waals surface area contributed by atoms with Crippen LogP contribution in [0.25, 0.3) is 11.3 Å². The van der Waals surface area contributed by atoms with Gasteiger partial charge in [-0.1, -0.05) is 51.1 Å². The van der Waals surface area contributed by atoms with E-state index in [-0.39, 0.29) is 17.9 Å². The lowest BCUT2D eigenvalue weighted by molar-refractivity contribution is -0.118. The number of benzene rings is 2. The van der Waals surface area contributed by atoms with Gasteiger partial charge in [0.2, 0.25) is 0 Å². The number of para-hydroxylation sites is 1. The van der Waals surface area contributed by atoms with Gasteiger partial charge in [0.05, 0.1) is 12.8 Å². The number of nitrogens with zero attached hydrogens (tertiary/aromatic N) is 1. The minimum absolute atomic E-state index is 0.0615. The summed E-state index contributed by atoms with van der Waals surface area (Å²) < 4.78 is 11.0. The van der Waals surface area contributed by atoms with Crippen molar-refractivity contribution >= 4 is 22.4 Å². The maximum atomic E-state index is 12.3. The van der Waals surface area contributed by atoms with E-state index in [9.17, 15) is 4.79 Å². The molecule has 2 aromatic carbocycles. The molecule has 0 aliphatic heterocycles. The predicted octanol–water partition coefficient (Wildman–Crippen LogP) is 5.13. The highest BCUT2D eigenvalue weighted by Crippen LogP contribution is 2.31. The van der Waals surface area contributed by atoms with E-state index in [1.807, 2.05) is 53.9 Å². The Hall–Kier alpha value is -2.86. The topological polar surface area (TPSA) is 60.5 Å². The summed E-state index contributed by atoms with van der Waals surface area (Å²) in [5.41, 5.74) is 2.73. The number of methoxy groups -OCH3 is 1. The van der Waals surface area contributed by atoms with E-state index in [0.717, 1.165) is 28.3 Å².